The molecule has 0 unspecified atom stereocenters. The summed E-state index contributed by atoms with van der Waals surface area (Å²) in [6, 6.07) is 0. The predicted molar refractivity (Wildman–Crippen MR) is 51.7 cm³/mol. The van der Waals surface area contributed by atoms with Gasteiger partial charge in [0, 0.05) is 0 Å². The van der Waals surface area contributed by atoms with Crippen LogP contribution in [0.3, 0.4) is 0 Å². The minimum Gasteiger partial charge on any atom is -0.418 e. The van der Waals surface area contributed by atoms with Crippen molar-refractivity contribution in [2.45, 2.75) is 39.5 Å². The smallest absolute Gasteiger partial charge is 0.418 e. The molecule has 0 aliphatic rings. The van der Waals surface area contributed by atoms with Crippen molar-refractivity contribution in [3.63, 3.8) is 0 Å². The van der Waals surface area contributed by atoms with Gasteiger partial charge in [0.05, 0.1) is 13.1 Å². The molecule has 0 fully saturated rings. The molecule has 0 bridgehead atoms. The molecular formula is C8H20BF4N. The first kappa shape index (κ1) is 16.2. The first-order chi connectivity index (χ1) is 6.41. The molecule has 0 aromatic heterocycles. The molecule has 14 heavy (non-hydrogen) atoms. The lowest BCUT2D eigenvalue weighted by molar-refractivity contribution is -0.655. The van der Waals surface area contributed by atoms with Crippen molar-refractivity contribution in [1.82, 2.24) is 0 Å². The predicted octanol–water partition coefficient (Wildman–Crippen LogP) is 2.45. The normalized spacial score (nSPS) is 10.7. The van der Waals surface area contributed by atoms with Crippen molar-refractivity contribution >= 4 is 7.25 Å². The average molecular weight is 217 g/mol. The summed E-state index contributed by atoms with van der Waals surface area (Å²) >= 11 is 0. The monoisotopic (exact) mass is 217 g/mol. The first-order valence-corrected chi connectivity index (χ1v) is 5.10. The lowest BCUT2D eigenvalue weighted by atomic mass is 10.3. The Kier molecular flexibility index (Phi) is 12.5. The molecular weight excluding hydrogens is 197 g/mol. The zero-order valence-corrected chi connectivity index (χ0v) is 8.91. The van der Waals surface area contributed by atoms with Gasteiger partial charge in [-0.25, -0.2) is 0 Å². The Morgan fingerprint density at radius 2 is 1.14 bits per heavy atom. The number of halogens is 4. The summed E-state index contributed by atoms with van der Waals surface area (Å²) in [5, 5.41) is 2.42. The zero-order chi connectivity index (χ0) is 11.4. The third-order valence-electron chi connectivity index (χ3n) is 1.52. The maximum absolute atomic E-state index is 9.75. The second-order valence-corrected chi connectivity index (χ2v) is 3.07. The van der Waals surface area contributed by atoms with E-state index in [1.807, 2.05) is 0 Å². The van der Waals surface area contributed by atoms with Gasteiger partial charge in [-0.1, -0.05) is 26.7 Å². The van der Waals surface area contributed by atoms with Gasteiger partial charge >= 0.3 is 7.25 Å². The van der Waals surface area contributed by atoms with Crippen LogP contribution < -0.4 is 5.32 Å². The van der Waals surface area contributed by atoms with Crippen molar-refractivity contribution < 1.29 is 22.6 Å². The summed E-state index contributed by atoms with van der Waals surface area (Å²) in [7, 11) is -6.00. The van der Waals surface area contributed by atoms with Crippen LogP contribution >= 0.6 is 0 Å². The molecule has 1 nitrogen and oxygen atoms in total. The number of quaternary nitrogens is 1. The van der Waals surface area contributed by atoms with Crippen LogP contribution in [0.2, 0.25) is 0 Å². The molecule has 0 radical (unpaired) electrons. The van der Waals surface area contributed by atoms with Crippen LogP contribution in [0.5, 0.6) is 0 Å². The Morgan fingerprint density at radius 1 is 0.857 bits per heavy atom. The molecule has 0 aliphatic heterocycles. The van der Waals surface area contributed by atoms with Gasteiger partial charge in [0.1, 0.15) is 0 Å². The number of rotatable bonds is 6. The van der Waals surface area contributed by atoms with Crippen molar-refractivity contribution in [2.75, 3.05) is 13.1 Å². The molecule has 0 heterocycles. The van der Waals surface area contributed by atoms with Gasteiger partial charge in [-0.3, -0.25) is 0 Å². The summed E-state index contributed by atoms with van der Waals surface area (Å²) < 4.78 is 39.0. The fourth-order valence-corrected chi connectivity index (χ4v) is 0.841. The standard InChI is InChI=1S/C8H19N.BF4/c1-3-5-7-9-8-6-4-2;2-1(3,4)5/h9H,3-8H2,1-2H3;/q;-1/p+1. The molecule has 0 aliphatic carbocycles. The van der Waals surface area contributed by atoms with Gasteiger partial charge in [0.2, 0.25) is 0 Å². The quantitative estimate of drug-likeness (QED) is 0.399. The van der Waals surface area contributed by atoms with E-state index < -0.39 is 7.25 Å². The van der Waals surface area contributed by atoms with Crippen molar-refractivity contribution in [2.24, 2.45) is 0 Å². The summed E-state index contributed by atoms with van der Waals surface area (Å²) in [4.78, 5) is 0. The van der Waals surface area contributed by atoms with Crippen molar-refractivity contribution in [3.05, 3.63) is 0 Å². The highest BCUT2D eigenvalue weighted by Crippen LogP contribution is 2.06. The Hall–Kier alpha value is -0.255. The van der Waals surface area contributed by atoms with Crippen molar-refractivity contribution in [3.8, 4) is 0 Å². The third-order valence-corrected chi connectivity index (χ3v) is 1.52. The maximum Gasteiger partial charge on any atom is 0.673 e. The summed E-state index contributed by atoms with van der Waals surface area (Å²) in [5.74, 6) is 0. The summed E-state index contributed by atoms with van der Waals surface area (Å²) in [6.45, 7) is 7.15. The van der Waals surface area contributed by atoms with Crippen LogP contribution in [0.15, 0.2) is 0 Å². The van der Waals surface area contributed by atoms with Crippen LogP contribution in [0.25, 0.3) is 0 Å². The van der Waals surface area contributed by atoms with Gasteiger partial charge in [-0.15, -0.1) is 0 Å². The van der Waals surface area contributed by atoms with E-state index in [-0.39, 0.29) is 0 Å². The molecule has 0 saturated carbocycles. The van der Waals surface area contributed by atoms with E-state index in [0.717, 1.165) is 0 Å². The van der Waals surface area contributed by atoms with E-state index in [1.54, 1.807) is 0 Å². The number of hydrogen-bond acceptors (Lipinski definition) is 0. The highest BCUT2D eigenvalue weighted by atomic mass is 19.5. The van der Waals surface area contributed by atoms with Crippen LogP contribution in [0, 0.1) is 0 Å². The van der Waals surface area contributed by atoms with Gasteiger partial charge in [-0.05, 0) is 12.8 Å². The Morgan fingerprint density at radius 3 is 1.36 bits per heavy atom. The van der Waals surface area contributed by atoms with Gasteiger partial charge in [0.25, 0.3) is 0 Å². The highest BCUT2D eigenvalue weighted by molar-refractivity contribution is 6.50. The van der Waals surface area contributed by atoms with Crippen LogP contribution in [-0.4, -0.2) is 20.3 Å². The SMILES string of the molecule is CCCC[NH2+]CCCC.F[B-](F)(F)F. The van der Waals surface area contributed by atoms with Gasteiger partial charge < -0.3 is 22.6 Å². The van der Waals surface area contributed by atoms with Gasteiger partial charge in [0.15, 0.2) is 0 Å². The Labute approximate surface area is 83.4 Å². The zero-order valence-electron chi connectivity index (χ0n) is 8.91. The molecule has 0 amide bonds. The van der Waals surface area contributed by atoms with Crippen LogP contribution in [0.4, 0.5) is 17.3 Å². The third kappa shape index (κ3) is 41.1. The Bertz CT molecular complexity index is 96.0. The molecule has 0 aromatic rings. The van der Waals surface area contributed by atoms with E-state index in [4.69, 9.17) is 0 Å². The average Bonchev–Trinajstić information content (AvgIpc) is 2.01. The van der Waals surface area contributed by atoms with E-state index in [9.17, 15) is 17.3 Å². The molecule has 0 saturated heterocycles. The lowest BCUT2D eigenvalue weighted by Crippen LogP contribution is -2.84. The van der Waals surface area contributed by atoms with Gasteiger partial charge in [-0.2, -0.15) is 0 Å². The van der Waals surface area contributed by atoms with E-state index in [1.165, 1.54) is 38.8 Å². The minimum absolute atomic E-state index is 1.33. The van der Waals surface area contributed by atoms with Crippen LogP contribution in [-0.2, 0) is 0 Å². The first-order valence-electron chi connectivity index (χ1n) is 5.10. The number of nitrogens with two attached hydrogens (primary N) is 1. The van der Waals surface area contributed by atoms with Crippen molar-refractivity contribution in [1.29, 1.82) is 0 Å². The second-order valence-electron chi connectivity index (χ2n) is 3.07. The Balaban J connectivity index is 0. The molecule has 0 atom stereocenters. The number of hydrogen-bond donors (Lipinski definition) is 1. The summed E-state index contributed by atoms with van der Waals surface area (Å²) in [6.07, 6.45) is 5.43. The molecule has 0 spiro atoms. The lowest BCUT2D eigenvalue weighted by Gasteiger charge is -1.96. The maximum atomic E-state index is 9.75. The summed E-state index contributed by atoms with van der Waals surface area (Å²) in [5.41, 5.74) is 0. The van der Waals surface area contributed by atoms with E-state index in [2.05, 4.69) is 19.2 Å². The molecule has 6 heteroatoms. The topological polar surface area (TPSA) is 16.6 Å². The molecule has 0 aromatic carbocycles. The van der Waals surface area contributed by atoms with Crippen LogP contribution in [0.1, 0.15) is 39.5 Å². The second kappa shape index (κ2) is 10.8. The van der Waals surface area contributed by atoms with E-state index >= 15 is 0 Å². The molecule has 88 valence electrons. The van der Waals surface area contributed by atoms with E-state index in [0.29, 0.717) is 0 Å². The molecule has 2 N–H and O–H groups in total. The fourth-order valence-electron chi connectivity index (χ4n) is 0.841. The fraction of sp³-hybridized carbons (Fsp3) is 1.00. The highest BCUT2D eigenvalue weighted by Gasteiger charge is 2.20. The number of unbranched alkanes of at least 4 members (excludes halogenated alkanes) is 2. The minimum atomic E-state index is -6.00. The largest absolute Gasteiger partial charge is 0.673 e. The molecule has 0 rings (SSSR count).